The fourth-order valence-electron chi connectivity index (χ4n) is 1.87. The molecule has 0 aromatic heterocycles. The van der Waals surface area contributed by atoms with Gasteiger partial charge in [-0.1, -0.05) is 18.2 Å². The third-order valence-electron chi connectivity index (χ3n) is 2.58. The average molecular weight is 211 g/mol. The summed E-state index contributed by atoms with van der Waals surface area (Å²) in [6.45, 7) is 0.0682. The number of fused-ring (bicyclic) bond motifs is 1. The zero-order chi connectivity index (χ0) is 9.97. The molecule has 1 aliphatic carbocycles. The van der Waals surface area contributed by atoms with Gasteiger partial charge in [0, 0.05) is 17.7 Å². The van der Waals surface area contributed by atoms with E-state index in [4.69, 9.17) is 5.11 Å². The van der Waals surface area contributed by atoms with Crippen LogP contribution in [0, 0.1) is 5.92 Å². The largest absolute Gasteiger partial charge is 0.480 e. The van der Waals surface area contributed by atoms with Crippen molar-refractivity contribution >= 4 is 17.7 Å². The predicted molar refractivity (Wildman–Crippen MR) is 57.2 cm³/mol. The highest BCUT2D eigenvalue weighted by Gasteiger charge is 2.31. The van der Waals surface area contributed by atoms with Gasteiger partial charge < -0.3 is 10.4 Å². The summed E-state index contributed by atoms with van der Waals surface area (Å²) in [6, 6.07) is 0.326. The second kappa shape index (κ2) is 4.19. The smallest absolute Gasteiger partial charge is 0.317 e. The highest BCUT2D eigenvalue weighted by Crippen LogP contribution is 2.40. The van der Waals surface area contributed by atoms with Gasteiger partial charge in [0.15, 0.2) is 0 Å². The van der Waals surface area contributed by atoms with E-state index in [-0.39, 0.29) is 6.54 Å². The Labute approximate surface area is 87.3 Å². The molecule has 2 N–H and O–H groups in total. The zero-order valence-corrected chi connectivity index (χ0v) is 8.59. The Morgan fingerprint density at radius 2 is 2.57 bits per heavy atom. The van der Waals surface area contributed by atoms with Crippen LogP contribution in [0.15, 0.2) is 23.1 Å². The number of carboxylic acids is 1. The normalized spacial score (nSPS) is 29.9. The molecule has 2 unspecified atom stereocenters. The molecule has 14 heavy (non-hydrogen) atoms. The van der Waals surface area contributed by atoms with Gasteiger partial charge in [-0.05, 0) is 11.3 Å². The van der Waals surface area contributed by atoms with Crippen molar-refractivity contribution in [3.63, 3.8) is 0 Å². The Kier molecular flexibility index (Phi) is 2.93. The van der Waals surface area contributed by atoms with Crippen LogP contribution in [0.2, 0.25) is 0 Å². The highest BCUT2D eigenvalue weighted by atomic mass is 32.2. The van der Waals surface area contributed by atoms with Gasteiger partial charge in [0.05, 0.1) is 6.54 Å². The van der Waals surface area contributed by atoms with Gasteiger partial charge in [-0.2, -0.15) is 0 Å². The van der Waals surface area contributed by atoms with E-state index in [1.54, 1.807) is 0 Å². The SMILES string of the molecule is O=C(O)CNC1CSC2=CC=CCC21. The Morgan fingerprint density at radius 3 is 3.36 bits per heavy atom. The van der Waals surface area contributed by atoms with Crippen molar-refractivity contribution in [2.45, 2.75) is 12.5 Å². The molecule has 0 amide bonds. The van der Waals surface area contributed by atoms with Crippen LogP contribution in [0.5, 0.6) is 0 Å². The van der Waals surface area contributed by atoms with E-state index in [1.807, 2.05) is 11.8 Å². The minimum Gasteiger partial charge on any atom is -0.480 e. The molecule has 0 bridgehead atoms. The second-order valence-electron chi connectivity index (χ2n) is 3.53. The van der Waals surface area contributed by atoms with Gasteiger partial charge in [-0.25, -0.2) is 0 Å². The summed E-state index contributed by atoms with van der Waals surface area (Å²) >= 11 is 1.84. The number of allylic oxidation sites excluding steroid dienone is 3. The summed E-state index contributed by atoms with van der Waals surface area (Å²) in [5.74, 6) is 0.717. The molecule has 1 heterocycles. The van der Waals surface area contributed by atoms with Crippen molar-refractivity contribution in [3.05, 3.63) is 23.1 Å². The van der Waals surface area contributed by atoms with Crippen molar-refractivity contribution in [2.24, 2.45) is 5.92 Å². The van der Waals surface area contributed by atoms with Crippen LogP contribution in [0.3, 0.4) is 0 Å². The Balaban J connectivity index is 1.93. The lowest BCUT2D eigenvalue weighted by Crippen LogP contribution is -2.38. The number of rotatable bonds is 3. The summed E-state index contributed by atoms with van der Waals surface area (Å²) in [5, 5.41) is 11.7. The molecule has 0 spiro atoms. The van der Waals surface area contributed by atoms with Crippen molar-refractivity contribution < 1.29 is 9.90 Å². The average Bonchev–Trinajstić information content (AvgIpc) is 2.58. The van der Waals surface area contributed by atoms with E-state index in [1.165, 1.54) is 4.91 Å². The standard InChI is InChI=1S/C10H13NO2S/c12-10(13)5-11-8-6-14-9-4-2-1-3-7(8)9/h1-2,4,7-8,11H,3,5-6H2,(H,12,13). The molecule has 1 aliphatic heterocycles. The maximum Gasteiger partial charge on any atom is 0.317 e. The lowest BCUT2D eigenvalue weighted by molar-refractivity contribution is -0.136. The maximum absolute atomic E-state index is 10.4. The van der Waals surface area contributed by atoms with E-state index in [2.05, 4.69) is 23.5 Å². The third-order valence-corrected chi connectivity index (χ3v) is 3.88. The van der Waals surface area contributed by atoms with Gasteiger partial charge in [0.1, 0.15) is 0 Å². The van der Waals surface area contributed by atoms with Gasteiger partial charge in [0.25, 0.3) is 0 Å². The Bertz CT molecular complexity index is 298. The summed E-state index contributed by atoms with van der Waals surface area (Å²) < 4.78 is 0. The van der Waals surface area contributed by atoms with Crippen molar-refractivity contribution in [1.82, 2.24) is 5.32 Å². The van der Waals surface area contributed by atoms with E-state index in [9.17, 15) is 4.79 Å². The van der Waals surface area contributed by atoms with E-state index in [0.717, 1.165) is 12.2 Å². The van der Waals surface area contributed by atoms with Crippen LogP contribution in [0.25, 0.3) is 0 Å². The molecule has 4 heteroatoms. The van der Waals surface area contributed by atoms with Crippen LogP contribution in [-0.4, -0.2) is 29.4 Å². The predicted octanol–water partition coefficient (Wildman–Crippen LogP) is 1.24. The minimum absolute atomic E-state index is 0.0682. The Morgan fingerprint density at radius 1 is 1.71 bits per heavy atom. The fraction of sp³-hybridized carbons (Fsp3) is 0.500. The van der Waals surface area contributed by atoms with Gasteiger partial charge in [-0.3, -0.25) is 4.79 Å². The van der Waals surface area contributed by atoms with Crippen molar-refractivity contribution in [3.8, 4) is 0 Å². The number of thioether (sulfide) groups is 1. The number of nitrogens with one attached hydrogen (secondary N) is 1. The molecule has 0 saturated carbocycles. The lowest BCUT2D eigenvalue weighted by atomic mass is 9.94. The number of hydrogen-bond donors (Lipinski definition) is 2. The van der Waals surface area contributed by atoms with Crippen LogP contribution in [0.1, 0.15) is 6.42 Å². The van der Waals surface area contributed by atoms with Crippen molar-refractivity contribution in [2.75, 3.05) is 12.3 Å². The number of aliphatic carboxylic acids is 1. The van der Waals surface area contributed by atoms with E-state index in [0.29, 0.717) is 12.0 Å². The topological polar surface area (TPSA) is 49.3 Å². The molecule has 0 aromatic rings. The molecule has 0 radical (unpaired) electrons. The van der Waals surface area contributed by atoms with Crippen LogP contribution >= 0.6 is 11.8 Å². The van der Waals surface area contributed by atoms with Gasteiger partial charge in [0.2, 0.25) is 0 Å². The van der Waals surface area contributed by atoms with Crippen LogP contribution < -0.4 is 5.32 Å². The summed E-state index contributed by atoms with van der Waals surface area (Å²) in [7, 11) is 0. The molecule has 2 atom stereocenters. The monoisotopic (exact) mass is 211 g/mol. The van der Waals surface area contributed by atoms with E-state index < -0.39 is 5.97 Å². The first-order valence-electron chi connectivity index (χ1n) is 4.72. The fourth-order valence-corrected chi connectivity index (χ4v) is 3.24. The summed E-state index contributed by atoms with van der Waals surface area (Å²) in [5.41, 5.74) is 0. The molecule has 2 aliphatic rings. The van der Waals surface area contributed by atoms with Gasteiger partial charge >= 0.3 is 5.97 Å². The molecule has 1 fully saturated rings. The second-order valence-corrected chi connectivity index (χ2v) is 4.62. The number of hydrogen-bond acceptors (Lipinski definition) is 3. The molecule has 0 aromatic carbocycles. The first kappa shape index (κ1) is 9.80. The summed E-state index contributed by atoms with van der Waals surface area (Å²) in [6.07, 6.45) is 7.41. The Hall–Kier alpha value is -0.740. The molecule has 1 saturated heterocycles. The number of carboxylic acid groups (broad SMARTS) is 1. The highest BCUT2D eigenvalue weighted by molar-refractivity contribution is 8.03. The zero-order valence-electron chi connectivity index (χ0n) is 7.77. The lowest BCUT2D eigenvalue weighted by Gasteiger charge is -2.20. The van der Waals surface area contributed by atoms with Crippen molar-refractivity contribution in [1.29, 1.82) is 0 Å². The third kappa shape index (κ3) is 2.01. The minimum atomic E-state index is -0.779. The first-order chi connectivity index (χ1) is 6.77. The van der Waals surface area contributed by atoms with Gasteiger partial charge in [-0.15, -0.1) is 11.8 Å². The molecular formula is C10H13NO2S. The maximum atomic E-state index is 10.4. The molecule has 76 valence electrons. The summed E-state index contributed by atoms with van der Waals surface area (Å²) in [4.78, 5) is 11.8. The van der Waals surface area contributed by atoms with Crippen LogP contribution in [-0.2, 0) is 4.79 Å². The molecular weight excluding hydrogens is 198 g/mol. The molecule has 3 nitrogen and oxygen atoms in total. The van der Waals surface area contributed by atoms with Crippen LogP contribution in [0.4, 0.5) is 0 Å². The first-order valence-corrected chi connectivity index (χ1v) is 5.70. The number of carbonyl (C=O) groups is 1. The quantitative estimate of drug-likeness (QED) is 0.737. The molecule has 2 rings (SSSR count). The van der Waals surface area contributed by atoms with E-state index >= 15 is 0 Å².